The van der Waals surface area contributed by atoms with Crippen molar-refractivity contribution in [2.45, 2.75) is 39.7 Å². The molecule has 0 aliphatic carbocycles. The van der Waals surface area contributed by atoms with Crippen LogP contribution in [0.2, 0.25) is 0 Å². The molecule has 0 aliphatic rings. The highest BCUT2D eigenvalue weighted by Crippen LogP contribution is 2.08. The van der Waals surface area contributed by atoms with E-state index >= 15 is 0 Å². The average Bonchev–Trinajstić information content (AvgIpc) is 2.33. The maximum absolute atomic E-state index is 11.4. The van der Waals surface area contributed by atoms with Gasteiger partial charge in [-0.15, -0.1) is 0 Å². The van der Waals surface area contributed by atoms with Crippen LogP contribution in [0.5, 0.6) is 0 Å². The molecule has 19 heavy (non-hydrogen) atoms. The van der Waals surface area contributed by atoms with Crippen molar-refractivity contribution in [2.75, 3.05) is 6.54 Å². The van der Waals surface area contributed by atoms with Crippen LogP contribution in [0.3, 0.4) is 0 Å². The predicted molar refractivity (Wildman–Crippen MR) is 79.1 cm³/mol. The van der Waals surface area contributed by atoms with Gasteiger partial charge in [-0.25, -0.2) is 4.79 Å². The van der Waals surface area contributed by atoms with E-state index in [2.05, 4.69) is 24.4 Å². The minimum absolute atomic E-state index is 0.389. The molecule has 1 amide bonds. The van der Waals surface area contributed by atoms with Gasteiger partial charge < -0.3 is 10.1 Å². The first-order valence-electron chi connectivity index (χ1n) is 6.63. The maximum atomic E-state index is 11.4. The first-order valence-corrected chi connectivity index (χ1v) is 6.63. The van der Waals surface area contributed by atoms with Gasteiger partial charge >= 0.3 is 6.09 Å². The zero-order valence-corrected chi connectivity index (χ0v) is 12.2. The minimum atomic E-state index is -0.455. The predicted octanol–water partition coefficient (Wildman–Crippen LogP) is 3.79. The molecule has 0 atom stereocenters. The summed E-state index contributed by atoms with van der Waals surface area (Å²) < 4.78 is 5.14. The van der Waals surface area contributed by atoms with Crippen molar-refractivity contribution >= 4 is 12.2 Å². The normalized spacial score (nSPS) is 11.6. The lowest BCUT2D eigenvalue weighted by Gasteiger charge is -2.19. The molecule has 0 spiro atoms. The Morgan fingerprint density at radius 2 is 2.11 bits per heavy atom. The molecular formula is C16H23NO2. The van der Waals surface area contributed by atoms with Crippen molar-refractivity contribution in [1.29, 1.82) is 0 Å². The topological polar surface area (TPSA) is 38.3 Å². The van der Waals surface area contributed by atoms with Crippen LogP contribution in [-0.4, -0.2) is 18.2 Å². The molecule has 3 nitrogen and oxygen atoms in total. The Bertz CT molecular complexity index is 444. The number of hydrogen-bond donors (Lipinski definition) is 1. The number of hydrogen-bond acceptors (Lipinski definition) is 2. The molecule has 0 radical (unpaired) electrons. The second-order valence-corrected chi connectivity index (χ2v) is 5.38. The summed E-state index contributed by atoms with van der Waals surface area (Å²) >= 11 is 0. The van der Waals surface area contributed by atoms with Crippen LogP contribution in [-0.2, 0) is 11.2 Å². The van der Waals surface area contributed by atoms with Gasteiger partial charge in [-0.05, 0) is 38.3 Å². The fourth-order valence-electron chi connectivity index (χ4n) is 1.57. The van der Waals surface area contributed by atoms with E-state index in [9.17, 15) is 4.79 Å². The fraction of sp³-hybridized carbons (Fsp3) is 0.438. The van der Waals surface area contributed by atoms with Gasteiger partial charge in [0.2, 0.25) is 0 Å². The molecule has 0 fully saturated rings. The molecule has 1 rings (SSSR count). The maximum Gasteiger partial charge on any atom is 0.407 e. The van der Waals surface area contributed by atoms with Crippen molar-refractivity contribution in [3.63, 3.8) is 0 Å². The van der Waals surface area contributed by atoms with Crippen LogP contribution in [0, 0.1) is 0 Å². The number of alkyl carbamates (subject to hydrolysis) is 1. The molecule has 3 heteroatoms. The van der Waals surface area contributed by atoms with E-state index in [1.807, 2.05) is 45.1 Å². The van der Waals surface area contributed by atoms with E-state index in [-0.39, 0.29) is 6.09 Å². The summed E-state index contributed by atoms with van der Waals surface area (Å²) in [6.07, 6.45) is 4.55. The summed E-state index contributed by atoms with van der Waals surface area (Å²) in [5.41, 5.74) is 2.00. The highest BCUT2D eigenvalue weighted by atomic mass is 16.6. The van der Waals surface area contributed by atoms with Gasteiger partial charge in [-0.1, -0.05) is 43.3 Å². The van der Waals surface area contributed by atoms with E-state index in [1.165, 1.54) is 5.56 Å². The van der Waals surface area contributed by atoms with Gasteiger partial charge in [0.15, 0.2) is 0 Å². The van der Waals surface area contributed by atoms with Gasteiger partial charge in [0.05, 0.1) is 0 Å². The minimum Gasteiger partial charge on any atom is -0.444 e. The van der Waals surface area contributed by atoms with Crippen molar-refractivity contribution < 1.29 is 9.53 Å². The highest BCUT2D eigenvalue weighted by Gasteiger charge is 2.14. The lowest BCUT2D eigenvalue weighted by molar-refractivity contribution is 0.0534. The number of nitrogens with one attached hydrogen (secondary N) is 1. The number of aryl methyl sites for hydroxylation is 1. The molecule has 0 bridgehead atoms. The summed E-state index contributed by atoms with van der Waals surface area (Å²) in [6, 6.07) is 8.34. The molecule has 0 saturated carbocycles. The third kappa shape index (κ3) is 6.65. The second kappa shape index (κ2) is 6.98. The second-order valence-electron chi connectivity index (χ2n) is 5.38. The summed E-state index contributed by atoms with van der Waals surface area (Å²) in [5.74, 6) is 0. The molecule has 0 heterocycles. The van der Waals surface area contributed by atoms with Gasteiger partial charge in [0, 0.05) is 6.54 Å². The Hall–Kier alpha value is -1.77. The standard InChI is InChI=1S/C16H23NO2/c1-5-13-8-6-9-14(12-13)10-7-11-17-15(18)19-16(2,3)4/h6-10,12H,5,11H2,1-4H3,(H,17,18). The lowest BCUT2D eigenvalue weighted by atomic mass is 10.1. The van der Waals surface area contributed by atoms with E-state index in [4.69, 9.17) is 4.74 Å². The Morgan fingerprint density at radius 1 is 1.37 bits per heavy atom. The number of benzene rings is 1. The molecule has 0 saturated heterocycles. The van der Waals surface area contributed by atoms with Crippen molar-refractivity contribution in [3.8, 4) is 0 Å². The summed E-state index contributed by atoms with van der Waals surface area (Å²) in [4.78, 5) is 11.4. The number of carbonyl (C=O) groups excluding carboxylic acids is 1. The van der Waals surface area contributed by atoms with E-state index in [1.54, 1.807) is 0 Å². The van der Waals surface area contributed by atoms with Crippen molar-refractivity contribution in [1.82, 2.24) is 5.32 Å². The summed E-state index contributed by atoms with van der Waals surface area (Å²) in [5, 5.41) is 2.69. The fourth-order valence-corrected chi connectivity index (χ4v) is 1.57. The van der Waals surface area contributed by atoms with Crippen LogP contribution >= 0.6 is 0 Å². The smallest absolute Gasteiger partial charge is 0.407 e. The third-order valence-corrected chi connectivity index (χ3v) is 2.43. The van der Waals surface area contributed by atoms with Crippen LogP contribution < -0.4 is 5.32 Å². The Balaban J connectivity index is 2.40. The Morgan fingerprint density at radius 3 is 2.74 bits per heavy atom. The van der Waals surface area contributed by atoms with E-state index in [0.717, 1.165) is 12.0 Å². The highest BCUT2D eigenvalue weighted by molar-refractivity contribution is 5.68. The summed E-state index contributed by atoms with van der Waals surface area (Å²) in [7, 11) is 0. The summed E-state index contributed by atoms with van der Waals surface area (Å²) in [6.45, 7) is 8.13. The van der Waals surface area contributed by atoms with Crippen LogP contribution in [0.4, 0.5) is 4.79 Å². The molecule has 0 unspecified atom stereocenters. The van der Waals surface area contributed by atoms with Gasteiger partial charge in [-0.3, -0.25) is 0 Å². The lowest BCUT2D eigenvalue weighted by Crippen LogP contribution is -2.32. The molecule has 1 N–H and O–H groups in total. The quantitative estimate of drug-likeness (QED) is 0.895. The van der Waals surface area contributed by atoms with E-state index < -0.39 is 5.60 Å². The number of ether oxygens (including phenoxy) is 1. The molecule has 0 aliphatic heterocycles. The molecule has 0 aromatic heterocycles. The first kappa shape index (κ1) is 15.3. The first-order chi connectivity index (χ1) is 8.90. The average molecular weight is 261 g/mol. The van der Waals surface area contributed by atoms with Gasteiger partial charge in [0.1, 0.15) is 5.60 Å². The third-order valence-electron chi connectivity index (χ3n) is 2.43. The van der Waals surface area contributed by atoms with E-state index in [0.29, 0.717) is 6.54 Å². The Labute approximate surface area is 115 Å². The zero-order valence-electron chi connectivity index (χ0n) is 12.2. The monoisotopic (exact) mass is 261 g/mol. The van der Waals surface area contributed by atoms with Crippen LogP contribution in [0.25, 0.3) is 6.08 Å². The number of amides is 1. The number of rotatable bonds is 4. The zero-order chi connectivity index (χ0) is 14.3. The van der Waals surface area contributed by atoms with Crippen LogP contribution in [0.15, 0.2) is 30.3 Å². The SMILES string of the molecule is CCc1cccc(C=CCNC(=O)OC(C)(C)C)c1. The Kier molecular flexibility index (Phi) is 5.61. The molecular weight excluding hydrogens is 238 g/mol. The van der Waals surface area contributed by atoms with Crippen molar-refractivity contribution in [2.24, 2.45) is 0 Å². The molecule has 1 aromatic carbocycles. The molecule has 104 valence electrons. The van der Waals surface area contributed by atoms with Gasteiger partial charge in [-0.2, -0.15) is 0 Å². The molecule has 1 aromatic rings. The van der Waals surface area contributed by atoms with Crippen molar-refractivity contribution in [3.05, 3.63) is 41.5 Å². The van der Waals surface area contributed by atoms with Gasteiger partial charge in [0.25, 0.3) is 0 Å². The van der Waals surface area contributed by atoms with Crippen LogP contribution in [0.1, 0.15) is 38.8 Å². The largest absolute Gasteiger partial charge is 0.444 e. The number of carbonyl (C=O) groups is 1.